The first-order chi connectivity index (χ1) is 12.4. The van der Waals surface area contributed by atoms with Gasteiger partial charge in [0.1, 0.15) is 11.4 Å². The second-order valence-electron chi connectivity index (χ2n) is 6.66. The zero-order valence-corrected chi connectivity index (χ0v) is 15.0. The van der Waals surface area contributed by atoms with Gasteiger partial charge in [-0.3, -0.25) is 0 Å². The van der Waals surface area contributed by atoms with E-state index in [1.807, 2.05) is 30.3 Å². The fraction of sp³-hybridized carbons (Fsp3) is 0.263. The van der Waals surface area contributed by atoms with E-state index in [1.54, 1.807) is 6.92 Å². The van der Waals surface area contributed by atoms with E-state index in [2.05, 4.69) is 0 Å². The lowest BCUT2D eigenvalue weighted by Gasteiger charge is -2.15. The van der Waals surface area contributed by atoms with Crippen molar-refractivity contribution in [3.8, 4) is 0 Å². The van der Waals surface area contributed by atoms with Crippen LogP contribution in [0.25, 0.3) is 11.0 Å². The second-order valence-corrected chi connectivity index (χ2v) is 8.50. The predicted octanol–water partition coefficient (Wildman–Crippen LogP) is 3.00. The van der Waals surface area contributed by atoms with Crippen LogP contribution in [0.1, 0.15) is 17.0 Å². The van der Waals surface area contributed by atoms with Crippen molar-refractivity contribution < 1.29 is 17.2 Å². The minimum atomic E-state index is -3.85. The highest BCUT2D eigenvalue weighted by Gasteiger charge is 2.40. The van der Waals surface area contributed by atoms with Gasteiger partial charge in [-0.25, -0.2) is 12.8 Å². The molecule has 0 unspecified atom stereocenters. The maximum Gasteiger partial charge on any atom is 0.276 e. The Kier molecular flexibility index (Phi) is 4.10. The Morgan fingerprint density at radius 3 is 2.62 bits per heavy atom. The third-order valence-electron chi connectivity index (χ3n) is 4.99. The summed E-state index contributed by atoms with van der Waals surface area (Å²) in [5.74, 6) is -0.509. The third kappa shape index (κ3) is 2.72. The smallest absolute Gasteiger partial charge is 0.276 e. The quantitative estimate of drug-likeness (QED) is 0.765. The van der Waals surface area contributed by atoms with Crippen LogP contribution in [0.15, 0.2) is 58.0 Å². The summed E-state index contributed by atoms with van der Waals surface area (Å²) in [7, 11) is -3.85. The Balaban J connectivity index is 1.71. The fourth-order valence-electron chi connectivity index (χ4n) is 3.57. The number of halogens is 1. The minimum absolute atomic E-state index is 0.0758. The average Bonchev–Trinajstić information content (AvgIpc) is 3.17. The summed E-state index contributed by atoms with van der Waals surface area (Å²) in [5, 5.41) is 0.325. The van der Waals surface area contributed by atoms with E-state index in [9.17, 15) is 12.8 Å². The zero-order chi connectivity index (χ0) is 18.5. The van der Waals surface area contributed by atoms with Crippen LogP contribution < -0.4 is 5.73 Å². The molecule has 2 aromatic carbocycles. The molecule has 26 heavy (non-hydrogen) atoms. The molecular weight excluding hydrogens is 355 g/mol. The van der Waals surface area contributed by atoms with Crippen LogP contribution in [-0.2, 0) is 10.0 Å². The van der Waals surface area contributed by atoms with E-state index < -0.39 is 15.8 Å². The Morgan fingerprint density at radius 1 is 1.15 bits per heavy atom. The number of rotatable bonds is 3. The van der Waals surface area contributed by atoms with Crippen molar-refractivity contribution in [3.05, 3.63) is 65.5 Å². The zero-order valence-electron chi connectivity index (χ0n) is 14.2. The summed E-state index contributed by atoms with van der Waals surface area (Å²) in [6.45, 7) is 2.13. The van der Waals surface area contributed by atoms with E-state index >= 15 is 0 Å². The molecule has 1 aliphatic heterocycles. The number of furan rings is 1. The molecule has 2 N–H and O–H groups in total. The maximum absolute atomic E-state index is 13.5. The van der Waals surface area contributed by atoms with Crippen LogP contribution in [0.2, 0.25) is 0 Å². The molecule has 7 heteroatoms. The molecule has 136 valence electrons. The molecule has 3 aromatic rings. The highest BCUT2D eigenvalue weighted by Crippen LogP contribution is 2.35. The first-order valence-corrected chi connectivity index (χ1v) is 9.81. The van der Waals surface area contributed by atoms with Crippen molar-refractivity contribution in [2.24, 2.45) is 5.73 Å². The van der Waals surface area contributed by atoms with Crippen LogP contribution in [0.5, 0.6) is 0 Å². The van der Waals surface area contributed by atoms with Crippen LogP contribution in [0.4, 0.5) is 4.39 Å². The Morgan fingerprint density at radius 2 is 1.88 bits per heavy atom. The van der Waals surface area contributed by atoms with Crippen molar-refractivity contribution >= 4 is 21.0 Å². The molecule has 4 rings (SSSR count). The standard InChI is InChI=1S/C19H19FN2O3S/c1-12-15-9-14(20)7-8-18(15)25-19(12)26(23,24)22-10-16(17(21)11-22)13-5-3-2-4-6-13/h2-9,16-17H,10-11,21H2,1H3/t16-,17+/m0/s1. The third-order valence-corrected chi connectivity index (χ3v) is 6.82. The van der Waals surface area contributed by atoms with E-state index in [4.69, 9.17) is 10.2 Å². The van der Waals surface area contributed by atoms with Crippen LogP contribution in [0, 0.1) is 12.7 Å². The molecule has 1 saturated heterocycles. The largest absolute Gasteiger partial charge is 0.443 e. The number of aryl methyl sites for hydroxylation is 1. The van der Waals surface area contributed by atoms with E-state index in [0.717, 1.165) is 5.56 Å². The van der Waals surface area contributed by atoms with Crippen LogP contribution in [-0.4, -0.2) is 31.9 Å². The van der Waals surface area contributed by atoms with Crippen molar-refractivity contribution in [2.75, 3.05) is 13.1 Å². The summed E-state index contributed by atoms with van der Waals surface area (Å²) in [5.41, 5.74) is 8.00. The van der Waals surface area contributed by atoms with Gasteiger partial charge in [0, 0.05) is 36.0 Å². The molecule has 1 fully saturated rings. The lowest BCUT2D eigenvalue weighted by atomic mass is 9.95. The highest BCUT2D eigenvalue weighted by molar-refractivity contribution is 7.89. The monoisotopic (exact) mass is 374 g/mol. The molecule has 0 spiro atoms. The van der Waals surface area contributed by atoms with Crippen LogP contribution in [0.3, 0.4) is 0 Å². The second kappa shape index (κ2) is 6.19. The van der Waals surface area contributed by atoms with E-state index in [0.29, 0.717) is 23.1 Å². The van der Waals surface area contributed by atoms with Gasteiger partial charge < -0.3 is 10.2 Å². The Hall–Kier alpha value is -2.22. The predicted molar refractivity (Wildman–Crippen MR) is 96.8 cm³/mol. The summed E-state index contributed by atoms with van der Waals surface area (Å²) in [4.78, 5) is 0. The van der Waals surface area contributed by atoms with Gasteiger partial charge in [-0.15, -0.1) is 0 Å². The minimum Gasteiger partial charge on any atom is -0.443 e. The molecule has 1 aliphatic rings. The molecule has 0 saturated carbocycles. The summed E-state index contributed by atoms with van der Waals surface area (Å²) < 4.78 is 46.7. The molecule has 2 atom stereocenters. The summed E-state index contributed by atoms with van der Waals surface area (Å²) in [6.07, 6.45) is 0. The lowest BCUT2D eigenvalue weighted by Crippen LogP contribution is -2.32. The summed E-state index contributed by atoms with van der Waals surface area (Å²) >= 11 is 0. The van der Waals surface area contributed by atoms with Gasteiger partial charge in [0.05, 0.1) is 0 Å². The lowest BCUT2D eigenvalue weighted by molar-refractivity contribution is 0.421. The van der Waals surface area contributed by atoms with Gasteiger partial charge in [0.15, 0.2) is 0 Å². The maximum atomic E-state index is 13.5. The number of sulfonamides is 1. The molecular formula is C19H19FN2O3S. The van der Waals surface area contributed by atoms with Crippen molar-refractivity contribution in [2.45, 2.75) is 24.0 Å². The number of hydrogen-bond acceptors (Lipinski definition) is 4. The van der Waals surface area contributed by atoms with E-state index in [-0.39, 0.29) is 23.6 Å². The van der Waals surface area contributed by atoms with Gasteiger partial charge in [-0.1, -0.05) is 30.3 Å². The van der Waals surface area contributed by atoms with Gasteiger partial charge in [-0.2, -0.15) is 4.31 Å². The Labute approximate surface area is 151 Å². The van der Waals surface area contributed by atoms with Gasteiger partial charge >= 0.3 is 0 Å². The summed E-state index contributed by atoms with van der Waals surface area (Å²) in [6, 6.07) is 13.3. The molecule has 0 amide bonds. The number of benzene rings is 2. The molecule has 0 radical (unpaired) electrons. The molecule has 1 aromatic heterocycles. The number of nitrogens with two attached hydrogens (primary N) is 1. The van der Waals surface area contributed by atoms with E-state index in [1.165, 1.54) is 22.5 Å². The van der Waals surface area contributed by atoms with Crippen molar-refractivity contribution in [1.29, 1.82) is 0 Å². The van der Waals surface area contributed by atoms with Crippen molar-refractivity contribution in [1.82, 2.24) is 4.31 Å². The first-order valence-electron chi connectivity index (χ1n) is 8.37. The normalized spacial score (nSPS) is 21.5. The highest BCUT2D eigenvalue weighted by atomic mass is 32.2. The molecule has 5 nitrogen and oxygen atoms in total. The van der Waals surface area contributed by atoms with Gasteiger partial charge in [-0.05, 0) is 30.7 Å². The number of nitrogens with zero attached hydrogens (tertiary/aromatic N) is 1. The van der Waals surface area contributed by atoms with Gasteiger partial charge in [0.25, 0.3) is 10.0 Å². The molecule has 0 bridgehead atoms. The Bertz CT molecular complexity index is 1060. The molecule has 2 heterocycles. The number of hydrogen-bond donors (Lipinski definition) is 1. The molecule has 0 aliphatic carbocycles. The SMILES string of the molecule is Cc1c(S(=O)(=O)N2C[C@@H](N)[C@H](c3ccccc3)C2)oc2ccc(F)cc12. The van der Waals surface area contributed by atoms with Crippen LogP contribution >= 0.6 is 0 Å². The first kappa shape index (κ1) is 17.2. The number of fused-ring (bicyclic) bond motifs is 1. The fourth-order valence-corrected chi connectivity index (χ4v) is 5.23. The van der Waals surface area contributed by atoms with Gasteiger partial charge in [0.2, 0.25) is 5.09 Å². The van der Waals surface area contributed by atoms with Crippen molar-refractivity contribution in [3.63, 3.8) is 0 Å². The average molecular weight is 374 g/mol. The topological polar surface area (TPSA) is 76.5 Å².